The average molecular weight is 395 g/mol. The van der Waals surface area contributed by atoms with Gasteiger partial charge in [0.2, 0.25) is 0 Å². The molecule has 2 atom stereocenters. The molecule has 1 aliphatic carbocycles. The molecule has 0 amide bonds. The standard InChI is InChI=1S/C28H30N2/c1-5-13-22(14-6-1)21-30-27(24-17-9-3-10-18-24)26(23-15-7-2-8-16-23)29-28(30)25-19-11-4-12-20-25/h1-3,5-10,13-18,25-27H,4,11-12,19-21H2/t26-,27-/m0/s1. The molecule has 0 radical (unpaired) electrons. The van der Waals surface area contributed by atoms with Crippen molar-refractivity contribution in [1.29, 1.82) is 0 Å². The Bertz CT molecular complexity index is 959. The van der Waals surface area contributed by atoms with Gasteiger partial charge in [-0.2, -0.15) is 0 Å². The van der Waals surface area contributed by atoms with Crippen LogP contribution >= 0.6 is 0 Å². The van der Waals surface area contributed by atoms with E-state index in [4.69, 9.17) is 4.99 Å². The predicted octanol–water partition coefficient (Wildman–Crippen LogP) is 6.96. The van der Waals surface area contributed by atoms with E-state index in [0.29, 0.717) is 5.92 Å². The van der Waals surface area contributed by atoms with E-state index in [1.165, 1.54) is 54.6 Å². The molecule has 1 aliphatic heterocycles. The topological polar surface area (TPSA) is 15.6 Å². The Morgan fingerprint density at radius 1 is 0.667 bits per heavy atom. The Morgan fingerprint density at radius 3 is 1.87 bits per heavy atom. The molecule has 0 N–H and O–H groups in total. The molecule has 152 valence electrons. The second kappa shape index (κ2) is 8.87. The number of hydrogen-bond donors (Lipinski definition) is 0. The minimum Gasteiger partial charge on any atom is -0.346 e. The van der Waals surface area contributed by atoms with Crippen LogP contribution in [0.5, 0.6) is 0 Å². The fourth-order valence-electron chi connectivity index (χ4n) is 5.18. The fraction of sp³-hybridized carbons (Fsp3) is 0.321. The fourth-order valence-corrected chi connectivity index (χ4v) is 5.18. The van der Waals surface area contributed by atoms with Gasteiger partial charge in [-0.05, 0) is 29.5 Å². The monoisotopic (exact) mass is 394 g/mol. The van der Waals surface area contributed by atoms with Crippen LogP contribution < -0.4 is 0 Å². The third-order valence-corrected chi connectivity index (χ3v) is 6.65. The van der Waals surface area contributed by atoms with Gasteiger partial charge in [0.05, 0.1) is 6.04 Å². The Morgan fingerprint density at radius 2 is 1.23 bits per heavy atom. The van der Waals surface area contributed by atoms with Crippen LogP contribution in [0.2, 0.25) is 0 Å². The van der Waals surface area contributed by atoms with Gasteiger partial charge in [0.25, 0.3) is 0 Å². The molecule has 0 spiro atoms. The zero-order valence-electron chi connectivity index (χ0n) is 17.5. The summed E-state index contributed by atoms with van der Waals surface area (Å²) in [5, 5.41) is 0. The third-order valence-electron chi connectivity index (χ3n) is 6.65. The van der Waals surface area contributed by atoms with Crippen molar-refractivity contribution in [3.63, 3.8) is 0 Å². The molecule has 5 rings (SSSR count). The minimum absolute atomic E-state index is 0.147. The van der Waals surface area contributed by atoms with Crippen LogP contribution in [0, 0.1) is 5.92 Å². The van der Waals surface area contributed by atoms with E-state index in [-0.39, 0.29) is 12.1 Å². The molecular formula is C28H30N2. The molecule has 0 saturated heterocycles. The Balaban J connectivity index is 1.59. The summed E-state index contributed by atoms with van der Waals surface area (Å²) < 4.78 is 0. The van der Waals surface area contributed by atoms with Crippen molar-refractivity contribution in [1.82, 2.24) is 4.90 Å². The summed E-state index contributed by atoms with van der Waals surface area (Å²) >= 11 is 0. The van der Waals surface area contributed by atoms with Crippen LogP contribution in [0.1, 0.15) is 60.9 Å². The zero-order valence-corrected chi connectivity index (χ0v) is 17.5. The van der Waals surface area contributed by atoms with E-state index in [1.807, 2.05) is 0 Å². The molecule has 0 bridgehead atoms. The van der Waals surface area contributed by atoms with Gasteiger partial charge in [0.15, 0.2) is 0 Å². The number of hydrogen-bond acceptors (Lipinski definition) is 2. The first kappa shape index (κ1) is 19.1. The highest BCUT2D eigenvalue weighted by atomic mass is 15.3. The van der Waals surface area contributed by atoms with Gasteiger partial charge in [-0.3, -0.25) is 4.99 Å². The molecule has 3 aromatic carbocycles. The summed E-state index contributed by atoms with van der Waals surface area (Å²) in [6, 6.07) is 33.2. The van der Waals surface area contributed by atoms with Crippen LogP contribution in [0.4, 0.5) is 0 Å². The first-order valence-electron chi connectivity index (χ1n) is 11.4. The maximum absolute atomic E-state index is 5.46. The first-order valence-corrected chi connectivity index (χ1v) is 11.4. The molecule has 2 aliphatic rings. The molecule has 1 fully saturated rings. The van der Waals surface area contributed by atoms with E-state index in [9.17, 15) is 0 Å². The van der Waals surface area contributed by atoms with Gasteiger partial charge in [-0.1, -0.05) is 110 Å². The van der Waals surface area contributed by atoms with Crippen molar-refractivity contribution in [2.24, 2.45) is 10.9 Å². The molecule has 0 unspecified atom stereocenters. The largest absolute Gasteiger partial charge is 0.346 e. The molecule has 1 saturated carbocycles. The number of aliphatic imine (C=N–C) groups is 1. The Kier molecular flexibility index (Phi) is 5.65. The summed E-state index contributed by atoms with van der Waals surface area (Å²) in [4.78, 5) is 8.08. The highest BCUT2D eigenvalue weighted by molar-refractivity contribution is 5.87. The van der Waals surface area contributed by atoms with E-state index in [0.717, 1.165) is 6.54 Å². The molecule has 3 aromatic rings. The predicted molar refractivity (Wildman–Crippen MR) is 124 cm³/mol. The number of nitrogens with zero attached hydrogens (tertiary/aromatic N) is 2. The second-order valence-electron chi connectivity index (χ2n) is 8.65. The highest BCUT2D eigenvalue weighted by Gasteiger charge is 2.40. The van der Waals surface area contributed by atoms with E-state index in [1.54, 1.807) is 0 Å². The van der Waals surface area contributed by atoms with Crippen molar-refractivity contribution in [2.75, 3.05) is 0 Å². The second-order valence-corrected chi connectivity index (χ2v) is 8.65. The summed E-state index contributed by atoms with van der Waals surface area (Å²) in [5.74, 6) is 1.92. The van der Waals surface area contributed by atoms with Crippen molar-refractivity contribution in [3.8, 4) is 0 Å². The average Bonchev–Trinajstić information content (AvgIpc) is 3.20. The van der Waals surface area contributed by atoms with Crippen LogP contribution in [0.15, 0.2) is 96.0 Å². The van der Waals surface area contributed by atoms with E-state index < -0.39 is 0 Å². The van der Waals surface area contributed by atoms with Gasteiger partial charge in [0.1, 0.15) is 11.9 Å². The minimum atomic E-state index is 0.147. The summed E-state index contributed by atoms with van der Waals surface area (Å²) in [7, 11) is 0. The van der Waals surface area contributed by atoms with Gasteiger partial charge in [-0.25, -0.2) is 0 Å². The molecule has 2 heteroatoms. The lowest BCUT2D eigenvalue weighted by Gasteiger charge is -2.34. The molecule has 30 heavy (non-hydrogen) atoms. The lowest BCUT2D eigenvalue weighted by atomic mass is 9.87. The molecular weight excluding hydrogens is 364 g/mol. The maximum atomic E-state index is 5.46. The lowest BCUT2D eigenvalue weighted by Crippen LogP contribution is -2.36. The van der Waals surface area contributed by atoms with Gasteiger partial charge in [-0.15, -0.1) is 0 Å². The van der Waals surface area contributed by atoms with Crippen molar-refractivity contribution in [3.05, 3.63) is 108 Å². The summed E-state index contributed by atoms with van der Waals surface area (Å²) in [6.07, 6.45) is 6.57. The van der Waals surface area contributed by atoms with E-state index >= 15 is 0 Å². The zero-order chi connectivity index (χ0) is 20.2. The van der Waals surface area contributed by atoms with Gasteiger partial charge in [0, 0.05) is 12.5 Å². The molecule has 1 heterocycles. The van der Waals surface area contributed by atoms with Crippen molar-refractivity contribution in [2.45, 2.75) is 50.7 Å². The lowest BCUT2D eigenvalue weighted by molar-refractivity contribution is 0.284. The highest BCUT2D eigenvalue weighted by Crippen LogP contribution is 2.45. The van der Waals surface area contributed by atoms with Crippen molar-refractivity contribution >= 4 is 5.84 Å². The normalized spacial score (nSPS) is 22.1. The number of benzene rings is 3. The van der Waals surface area contributed by atoms with Crippen LogP contribution in [0.3, 0.4) is 0 Å². The number of rotatable bonds is 5. The Labute approximate surface area is 180 Å². The van der Waals surface area contributed by atoms with Gasteiger partial charge < -0.3 is 4.90 Å². The maximum Gasteiger partial charge on any atom is 0.104 e. The SMILES string of the molecule is c1ccc(CN2C(C3CCCCC3)=N[C@@H](c3ccccc3)[C@@H]2c2ccccc2)cc1. The summed E-state index contributed by atoms with van der Waals surface area (Å²) in [6.45, 7) is 0.916. The van der Waals surface area contributed by atoms with Crippen LogP contribution in [0.25, 0.3) is 0 Å². The smallest absolute Gasteiger partial charge is 0.104 e. The summed E-state index contributed by atoms with van der Waals surface area (Å²) in [5.41, 5.74) is 4.03. The van der Waals surface area contributed by atoms with Crippen molar-refractivity contribution < 1.29 is 0 Å². The Hall–Kier alpha value is -2.87. The van der Waals surface area contributed by atoms with Crippen LogP contribution in [-0.4, -0.2) is 10.7 Å². The third kappa shape index (κ3) is 3.92. The molecule has 0 aromatic heterocycles. The van der Waals surface area contributed by atoms with E-state index in [2.05, 4.69) is 95.9 Å². The van der Waals surface area contributed by atoms with Crippen LogP contribution in [-0.2, 0) is 6.54 Å². The first-order chi connectivity index (χ1) is 14.9. The number of amidine groups is 1. The molecule has 2 nitrogen and oxygen atoms in total. The van der Waals surface area contributed by atoms with Gasteiger partial charge >= 0.3 is 0 Å². The quantitative estimate of drug-likeness (QED) is 0.456.